The molecule has 92 heavy (non-hydrogen) atoms. The maximum absolute atomic E-state index is 15.8. The van der Waals surface area contributed by atoms with Gasteiger partial charge in [0.15, 0.2) is 11.4 Å². The zero-order valence-corrected chi connectivity index (χ0v) is 46.6. The highest BCUT2D eigenvalue weighted by Crippen LogP contribution is 2.65. The van der Waals surface area contributed by atoms with Crippen molar-refractivity contribution in [3.05, 3.63) is 315 Å². The van der Waals surface area contributed by atoms with E-state index in [0.29, 0.717) is 22.3 Å². The summed E-state index contributed by atoms with van der Waals surface area (Å²) in [5.41, 5.74) is -0.823. The van der Waals surface area contributed by atoms with E-state index in [4.69, 9.17) is 39.4 Å². The van der Waals surface area contributed by atoms with Crippen LogP contribution in [0.15, 0.2) is 144 Å². The molecule has 424 valence electrons. The molecule has 0 heterocycles. The number of allylic oxidation sites excluding steroid dienone is 12. The van der Waals surface area contributed by atoms with E-state index in [0.717, 1.165) is 42.5 Å². The smallest absolute Gasteiger partial charge is 0.238 e. The molecule has 4 aliphatic carbocycles. The molecule has 0 saturated carbocycles. The Labute approximate surface area is 518 Å². The van der Waals surface area contributed by atoms with Crippen molar-refractivity contribution in [2.24, 2.45) is 0 Å². The molecule has 8 aromatic carbocycles. The Morgan fingerprint density at radius 1 is 0.315 bits per heavy atom. The van der Waals surface area contributed by atoms with Crippen LogP contribution < -0.4 is 0 Å². The normalized spacial score (nSPS) is 14.4. The largest absolute Gasteiger partial charge is 0.270 e. The van der Waals surface area contributed by atoms with Gasteiger partial charge in [0.2, 0.25) is 0 Å². The van der Waals surface area contributed by atoms with Gasteiger partial charge in [-0.25, -0.2) is 80.9 Å². The topological polar surface area (TPSA) is 169 Å². The van der Waals surface area contributed by atoms with Crippen LogP contribution in [0.5, 0.6) is 0 Å². The molecular weight excluding hydrogens is 1180 g/mol. The van der Waals surface area contributed by atoms with Crippen LogP contribution in [-0.2, 0) is 0 Å². The van der Waals surface area contributed by atoms with Crippen molar-refractivity contribution in [1.82, 2.24) is 0 Å². The predicted octanol–water partition coefficient (Wildman–Crippen LogP) is 18.7. The summed E-state index contributed by atoms with van der Waals surface area (Å²) in [6, 6.07) is 36.6. The fraction of sp³-hybridized carbons (Fsp3) is 0.0137. The maximum Gasteiger partial charge on any atom is 0.270 e. The molecule has 0 saturated heterocycles. The lowest BCUT2D eigenvalue weighted by atomic mass is 9.84. The molecule has 0 N–H and O–H groups in total. The quantitative estimate of drug-likeness (QED) is 0.0965. The minimum Gasteiger partial charge on any atom is -0.238 e. The van der Waals surface area contributed by atoms with Gasteiger partial charge in [0.1, 0.15) is 40.7 Å². The molecule has 0 spiro atoms. The molecule has 4 aliphatic rings. The van der Waals surface area contributed by atoms with Gasteiger partial charge in [0.05, 0.1) is 104 Å². The van der Waals surface area contributed by atoms with E-state index < -0.39 is 68.8 Å². The van der Waals surface area contributed by atoms with Crippen molar-refractivity contribution in [2.75, 3.05) is 0 Å². The molecule has 0 atom stereocenters. The minimum atomic E-state index is -1.08. The number of rotatable bonds is 4. The molecule has 8 aromatic rings. The number of nitrogens with zero attached hydrogens (tertiary/aromatic N) is 12. The summed E-state index contributed by atoms with van der Waals surface area (Å²) in [6.45, 7) is 47.4. The Morgan fingerprint density at radius 2 is 0.587 bits per heavy atom. The lowest BCUT2D eigenvalue weighted by Crippen LogP contribution is -2.02. The number of aryl methyl sites for hydroxylation is 1. The van der Waals surface area contributed by atoms with Crippen LogP contribution in [0.25, 0.3) is 118 Å². The van der Waals surface area contributed by atoms with E-state index in [1.54, 1.807) is 43.3 Å². The number of halogens is 7. The molecule has 0 unspecified atom stereocenters. The summed E-state index contributed by atoms with van der Waals surface area (Å²) in [4.78, 5) is 20.1. The summed E-state index contributed by atoms with van der Waals surface area (Å²) < 4.78 is 109. The molecule has 12 rings (SSSR count). The maximum atomic E-state index is 15.8. The Morgan fingerprint density at radius 3 is 0.891 bits per heavy atom. The number of nitriles is 6. The van der Waals surface area contributed by atoms with Gasteiger partial charge in [-0.1, -0.05) is 84.4 Å². The molecule has 0 amide bonds. The third-order valence-corrected chi connectivity index (χ3v) is 15.6. The molecular formula is C73H23F7N12. The highest BCUT2D eigenvalue weighted by Gasteiger charge is 2.45. The van der Waals surface area contributed by atoms with Crippen LogP contribution in [-0.4, -0.2) is 0 Å². The van der Waals surface area contributed by atoms with Crippen LogP contribution in [0.3, 0.4) is 0 Å². The number of hydrogen-bond donors (Lipinski definition) is 0. The van der Waals surface area contributed by atoms with E-state index in [2.05, 4.69) is 29.1 Å². The summed E-state index contributed by atoms with van der Waals surface area (Å²) in [6.07, 6.45) is 0. The monoisotopic (exact) mass is 1200 g/mol. The second-order valence-corrected chi connectivity index (χ2v) is 20.2. The first-order chi connectivity index (χ1) is 44.5. The standard InChI is InChI=1S/C37H13F3N6.C36H10F4N6/c1-18-11-20(44-2)14-27(40)30(18)21-7-5-9-23-31(21)36-35(29(17-43)46-4)24-10-6-8-22(32(24)37(36)34(23)28(16-42)45-3)33-25(38)12-19(15-41)13-26(33)39;1-44-18-12-25(39)32(26(40)13-18)20-7-5-9-22-30(20)36(28(16-43)46-3)33-21-8-4-6-19(29(21)35(34(22)33)27(15-42)45-2)31-23(37)10-17(14-41)11-24(31)38/h5-14H,1H3;4-13H/b34-28-,35-29+;35-27-,36-28+. The van der Waals surface area contributed by atoms with Crippen LogP contribution in [0.2, 0.25) is 0 Å². The minimum absolute atomic E-state index is 0.000317. The van der Waals surface area contributed by atoms with E-state index in [1.807, 2.05) is 24.3 Å². The Kier molecular flexibility index (Phi) is 14.9. The van der Waals surface area contributed by atoms with Crippen molar-refractivity contribution in [1.29, 1.82) is 31.6 Å². The Hall–Kier alpha value is -14.4. The average molecular weight is 1200 g/mol. The van der Waals surface area contributed by atoms with Crippen LogP contribution in [0.1, 0.15) is 61.2 Å². The number of fused-ring (bicyclic) bond motifs is 8. The van der Waals surface area contributed by atoms with E-state index >= 15 is 30.7 Å². The molecule has 19 heteroatoms. The van der Waals surface area contributed by atoms with Gasteiger partial charge < -0.3 is 0 Å². The predicted molar refractivity (Wildman–Crippen MR) is 324 cm³/mol. The average Bonchev–Trinajstić information content (AvgIpc) is 1.54. The van der Waals surface area contributed by atoms with Gasteiger partial charge in [-0.3, -0.25) is 0 Å². The third kappa shape index (κ3) is 8.88. The van der Waals surface area contributed by atoms with Crippen molar-refractivity contribution >= 4 is 56.0 Å². The van der Waals surface area contributed by atoms with Crippen molar-refractivity contribution < 1.29 is 30.7 Å². The fourth-order valence-corrected chi connectivity index (χ4v) is 12.3. The first kappa shape index (κ1) is 59.3. The molecule has 0 bridgehead atoms. The summed E-state index contributed by atoms with van der Waals surface area (Å²) in [5.74, 6) is -7.10. The second-order valence-electron chi connectivity index (χ2n) is 20.2. The lowest BCUT2D eigenvalue weighted by molar-refractivity contribution is 0.588. The molecule has 0 fully saturated rings. The molecule has 0 aliphatic heterocycles. The van der Waals surface area contributed by atoms with Gasteiger partial charge in [-0.15, -0.1) is 0 Å². The van der Waals surface area contributed by atoms with Crippen LogP contribution in [0, 0.1) is 155 Å². The first-order valence-electron chi connectivity index (χ1n) is 26.4. The van der Waals surface area contributed by atoms with E-state index in [9.17, 15) is 31.6 Å². The van der Waals surface area contributed by atoms with Gasteiger partial charge in [-0.05, 0) is 138 Å². The third-order valence-electron chi connectivity index (χ3n) is 15.6. The van der Waals surface area contributed by atoms with Gasteiger partial charge in [-0.2, -0.15) is 10.5 Å². The van der Waals surface area contributed by atoms with E-state index in [1.165, 1.54) is 54.6 Å². The number of hydrogen-bond acceptors (Lipinski definition) is 6. The first-order valence-corrected chi connectivity index (χ1v) is 26.4. The molecule has 0 radical (unpaired) electrons. The fourth-order valence-electron chi connectivity index (χ4n) is 12.3. The Bertz CT molecular complexity index is 5150. The lowest BCUT2D eigenvalue weighted by Gasteiger charge is -2.19. The highest BCUT2D eigenvalue weighted by atomic mass is 19.2. The summed E-state index contributed by atoms with van der Waals surface area (Å²) in [7, 11) is 0. The highest BCUT2D eigenvalue weighted by molar-refractivity contribution is 6.41. The van der Waals surface area contributed by atoms with Gasteiger partial charge >= 0.3 is 0 Å². The summed E-state index contributed by atoms with van der Waals surface area (Å²) >= 11 is 0. The van der Waals surface area contributed by atoms with Crippen LogP contribution in [0.4, 0.5) is 42.1 Å². The summed E-state index contributed by atoms with van der Waals surface area (Å²) in [5, 5.41) is 58.8. The molecule has 0 aromatic heterocycles. The zero-order valence-electron chi connectivity index (χ0n) is 46.6. The second kappa shape index (κ2) is 23.1. The van der Waals surface area contributed by atoms with Crippen molar-refractivity contribution in [3.63, 3.8) is 0 Å². The van der Waals surface area contributed by atoms with Gasteiger partial charge in [0, 0.05) is 27.9 Å². The van der Waals surface area contributed by atoms with E-state index in [-0.39, 0.29) is 134 Å². The zero-order chi connectivity index (χ0) is 65.7. The molecule has 12 nitrogen and oxygen atoms in total. The van der Waals surface area contributed by atoms with Crippen molar-refractivity contribution in [2.45, 2.75) is 6.92 Å². The number of benzene rings is 8. The SMILES string of the molecule is [C-]#[N+]/C(C#N)=C1C2=C(/C(=C(\C#N)[N+]#[C-])c3c2cccc3-c2c(F)cc([N+]#[C-])cc2F)c2cccc(-c3c(F)cc(C#N)cc3F)c2\1.[C-]#[N+]/C(C#N)=C1C2=C(/C(=C(\C#N)[N+]#[C-])c3cccc(-c4c(F)cc(C#N)cc4F)c32)c2c\1cccc2-c1c(C)cc([N+]#[C-])cc1F. The Balaban J connectivity index is 0.000000188. The van der Waals surface area contributed by atoms with Gasteiger partial charge in [0.25, 0.3) is 22.8 Å². The van der Waals surface area contributed by atoms with Crippen molar-refractivity contribution in [3.8, 4) is 80.9 Å². The van der Waals surface area contributed by atoms with Crippen LogP contribution >= 0.6 is 0 Å².